The lowest BCUT2D eigenvalue weighted by Crippen LogP contribution is -2.12. The molecule has 0 bridgehead atoms. The van der Waals surface area contributed by atoms with E-state index in [1.807, 2.05) is 6.07 Å². The minimum Gasteiger partial charge on any atom is -0.326 e. The molecule has 2 rings (SSSR count). The summed E-state index contributed by atoms with van der Waals surface area (Å²) in [4.78, 5) is 12.4. The Hall–Kier alpha value is -2.10. The van der Waals surface area contributed by atoms with Gasteiger partial charge in [-0.1, -0.05) is 11.6 Å². The summed E-state index contributed by atoms with van der Waals surface area (Å²) in [7, 11) is 0. The number of carbonyl (C=O) groups excluding carboxylic acids is 1. The Balaban J connectivity index is 1.84. The topological polar surface area (TPSA) is 52.9 Å². The van der Waals surface area contributed by atoms with Crippen molar-refractivity contribution in [1.82, 2.24) is 0 Å². The molecule has 0 atom stereocenters. The highest BCUT2D eigenvalue weighted by Crippen LogP contribution is 2.22. The van der Waals surface area contributed by atoms with Crippen molar-refractivity contribution in [2.24, 2.45) is 0 Å². The molecule has 0 saturated heterocycles. The molecule has 23 heavy (non-hydrogen) atoms. The van der Waals surface area contributed by atoms with Crippen LogP contribution in [0.2, 0.25) is 5.02 Å². The first-order valence-corrected chi connectivity index (χ1v) is 7.93. The molecule has 0 heterocycles. The Morgan fingerprint density at radius 3 is 2.65 bits per heavy atom. The number of hydrogen-bond donors (Lipinski definition) is 1. The third kappa shape index (κ3) is 4.95. The van der Waals surface area contributed by atoms with Gasteiger partial charge >= 0.3 is 0 Å². The van der Waals surface area contributed by atoms with E-state index in [0.717, 1.165) is 12.1 Å². The average molecular weight is 353 g/mol. The van der Waals surface area contributed by atoms with Crippen LogP contribution in [0.4, 0.5) is 14.5 Å². The van der Waals surface area contributed by atoms with Gasteiger partial charge in [-0.3, -0.25) is 4.79 Å². The van der Waals surface area contributed by atoms with Gasteiger partial charge in [0.15, 0.2) is 11.6 Å². The fourth-order valence-electron chi connectivity index (χ4n) is 1.74. The number of nitrogens with one attached hydrogen (secondary N) is 1. The van der Waals surface area contributed by atoms with Gasteiger partial charge in [0.2, 0.25) is 5.91 Å². The van der Waals surface area contributed by atoms with Crippen LogP contribution in [0.1, 0.15) is 12.0 Å². The molecule has 2 aromatic rings. The van der Waals surface area contributed by atoms with E-state index >= 15 is 0 Å². The summed E-state index contributed by atoms with van der Waals surface area (Å²) in [6, 6.07) is 10.1. The van der Waals surface area contributed by atoms with Crippen LogP contribution in [0.25, 0.3) is 0 Å². The monoisotopic (exact) mass is 352 g/mol. The molecule has 7 heteroatoms. The Bertz CT molecular complexity index is 777. The zero-order chi connectivity index (χ0) is 16.8. The van der Waals surface area contributed by atoms with Gasteiger partial charge in [0.25, 0.3) is 0 Å². The molecule has 0 aliphatic carbocycles. The first-order chi connectivity index (χ1) is 11.0. The minimum atomic E-state index is -0.910. The smallest absolute Gasteiger partial charge is 0.225 e. The van der Waals surface area contributed by atoms with Crippen LogP contribution in [0, 0.1) is 23.0 Å². The standard InChI is InChI=1S/C16H11ClF2N2OS/c17-13-7-11(2-1-10(13)9-20)21-16(22)5-6-23-12-3-4-14(18)15(19)8-12/h1-4,7-8H,5-6H2,(H,21,22). The van der Waals surface area contributed by atoms with Gasteiger partial charge in [-0.2, -0.15) is 5.26 Å². The second-order valence-corrected chi connectivity index (χ2v) is 6.10. The third-order valence-corrected chi connectivity index (χ3v) is 4.17. The molecule has 1 N–H and O–H groups in total. The van der Waals surface area contributed by atoms with Crippen LogP contribution in [0.15, 0.2) is 41.3 Å². The predicted molar refractivity (Wildman–Crippen MR) is 86.5 cm³/mol. The van der Waals surface area contributed by atoms with Gasteiger partial charge in [-0.25, -0.2) is 8.78 Å². The van der Waals surface area contributed by atoms with Crippen LogP contribution >= 0.6 is 23.4 Å². The largest absolute Gasteiger partial charge is 0.326 e. The summed E-state index contributed by atoms with van der Waals surface area (Å²) in [5.41, 5.74) is 0.829. The molecule has 0 aromatic heterocycles. The Morgan fingerprint density at radius 1 is 1.22 bits per heavy atom. The fourth-order valence-corrected chi connectivity index (χ4v) is 2.83. The molecule has 0 saturated carbocycles. The van der Waals surface area contributed by atoms with E-state index < -0.39 is 11.6 Å². The van der Waals surface area contributed by atoms with E-state index in [-0.39, 0.29) is 17.4 Å². The van der Waals surface area contributed by atoms with Gasteiger partial charge < -0.3 is 5.32 Å². The summed E-state index contributed by atoms with van der Waals surface area (Å²) in [5.74, 6) is -1.63. The normalized spacial score (nSPS) is 10.2. The molecular weight excluding hydrogens is 342 g/mol. The number of carbonyl (C=O) groups is 1. The molecule has 1 amide bonds. The van der Waals surface area contributed by atoms with Crippen molar-refractivity contribution >= 4 is 35.0 Å². The summed E-state index contributed by atoms with van der Waals surface area (Å²) in [5, 5.41) is 11.7. The summed E-state index contributed by atoms with van der Waals surface area (Å²) in [6.45, 7) is 0. The van der Waals surface area contributed by atoms with Crippen molar-refractivity contribution in [3.63, 3.8) is 0 Å². The van der Waals surface area contributed by atoms with Crippen molar-refractivity contribution in [3.8, 4) is 6.07 Å². The molecule has 0 fully saturated rings. The van der Waals surface area contributed by atoms with Gasteiger partial charge in [0, 0.05) is 22.8 Å². The maximum atomic E-state index is 13.0. The SMILES string of the molecule is N#Cc1ccc(NC(=O)CCSc2ccc(F)c(F)c2)cc1Cl. The number of nitrogens with zero attached hydrogens (tertiary/aromatic N) is 1. The summed E-state index contributed by atoms with van der Waals surface area (Å²) >= 11 is 7.14. The van der Waals surface area contributed by atoms with Crippen molar-refractivity contribution in [3.05, 3.63) is 58.6 Å². The number of hydrogen-bond acceptors (Lipinski definition) is 3. The number of halogens is 3. The number of amides is 1. The number of benzene rings is 2. The van der Waals surface area contributed by atoms with E-state index in [2.05, 4.69) is 5.32 Å². The third-order valence-electron chi connectivity index (χ3n) is 2.86. The zero-order valence-corrected chi connectivity index (χ0v) is 13.3. The Kier molecular flexibility index (Phi) is 5.97. The highest BCUT2D eigenvalue weighted by Gasteiger charge is 2.07. The average Bonchev–Trinajstić information content (AvgIpc) is 2.51. The lowest BCUT2D eigenvalue weighted by atomic mass is 10.2. The van der Waals surface area contributed by atoms with Crippen molar-refractivity contribution in [1.29, 1.82) is 5.26 Å². The molecule has 0 unspecified atom stereocenters. The number of rotatable bonds is 5. The van der Waals surface area contributed by atoms with Crippen LogP contribution in [-0.2, 0) is 4.79 Å². The highest BCUT2D eigenvalue weighted by atomic mass is 35.5. The van der Waals surface area contributed by atoms with E-state index in [4.69, 9.17) is 16.9 Å². The molecule has 0 radical (unpaired) electrons. The van der Waals surface area contributed by atoms with Crippen molar-refractivity contribution in [2.45, 2.75) is 11.3 Å². The van der Waals surface area contributed by atoms with Gasteiger partial charge in [0.1, 0.15) is 6.07 Å². The maximum Gasteiger partial charge on any atom is 0.225 e. The van der Waals surface area contributed by atoms with E-state index in [1.54, 1.807) is 6.07 Å². The highest BCUT2D eigenvalue weighted by molar-refractivity contribution is 7.99. The first-order valence-electron chi connectivity index (χ1n) is 6.57. The van der Waals surface area contributed by atoms with E-state index in [9.17, 15) is 13.6 Å². The van der Waals surface area contributed by atoms with Gasteiger partial charge in [0.05, 0.1) is 10.6 Å². The molecule has 2 aromatic carbocycles. The molecular formula is C16H11ClF2N2OS. The number of nitriles is 1. The Morgan fingerprint density at radius 2 is 2.00 bits per heavy atom. The van der Waals surface area contributed by atoms with Crippen LogP contribution < -0.4 is 5.32 Å². The second kappa shape index (κ2) is 7.95. The van der Waals surface area contributed by atoms with Crippen molar-refractivity contribution < 1.29 is 13.6 Å². The van der Waals surface area contributed by atoms with Crippen LogP contribution in [0.5, 0.6) is 0 Å². The molecule has 0 aliphatic rings. The van der Waals surface area contributed by atoms with Crippen LogP contribution in [0.3, 0.4) is 0 Å². The lowest BCUT2D eigenvalue weighted by molar-refractivity contribution is -0.115. The van der Waals surface area contributed by atoms with Crippen molar-refractivity contribution in [2.75, 3.05) is 11.1 Å². The quantitative estimate of drug-likeness (QED) is 0.799. The summed E-state index contributed by atoms with van der Waals surface area (Å²) < 4.78 is 25.8. The number of thioether (sulfide) groups is 1. The predicted octanol–water partition coefficient (Wildman–Crippen LogP) is 4.61. The lowest BCUT2D eigenvalue weighted by Gasteiger charge is -2.06. The fraction of sp³-hybridized carbons (Fsp3) is 0.125. The van der Waals surface area contributed by atoms with Gasteiger partial charge in [-0.05, 0) is 36.4 Å². The number of anilines is 1. The minimum absolute atomic E-state index is 0.196. The molecule has 3 nitrogen and oxygen atoms in total. The molecule has 0 aliphatic heterocycles. The van der Waals surface area contributed by atoms with E-state index in [1.165, 1.54) is 30.0 Å². The summed E-state index contributed by atoms with van der Waals surface area (Å²) in [6.07, 6.45) is 0.196. The zero-order valence-electron chi connectivity index (χ0n) is 11.8. The second-order valence-electron chi connectivity index (χ2n) is 4.53. The van der Waals surface area contributed by atoms with E-state index in [0.29, 0.717) is 21.9 Å². The molecule has 0 spiro atoms. The molecule has 118 valence electrons. The maximum absolute atomic E-state index is 13.0. The van der Waals surface area contributed by atoms with Crippen LogP contribution in [-0.4, -0.2) is 11.7 Å². The van der Waals surface area contributed by atoms with Gasteiger partial charge in [-0.15, -0.1) is 11.8 Å². The Labute approximate surface area is 141 Å². The first kappa shape index (κ1) is 17.3.